The van der Waals surface area contributed by atoms with Gasteiger partial charge in [0.15, 0.2) is 6.04 Å². The molecule has 5 nitrogen and oxygen atoms in total. The van der Waals surface area contributed by atoms with Crippen molar-refractivity contribution in [3.8, 4) is 0 Å². The Bertz CT molecular complexity index is 529. The summed E-state index contributed by atoms with van der Waals surface area (Å²) in [6, 6.07) is 8.47. The molecule has 1 aromatic heterocycles. The summed E-state index contributed by atoms with van der Waals surface area (Å²) in [6.45, 7) is 3.61. The zero-order chi connectivity index (χ0) is 13.1. The van der Waals surface area contributed by atoms with E-state index >= 15 is 0 Å². The van der Waals surface area contributed by atoms with Crippen LogP contribution in [0.5, 0.6) is 0 Å². The Balaban J connectivity index is 2.33. The number of hydrogen-bond acceptors (Lipinski definition) is 3. The van der Waals surface area contributed by atoms with Crippen molar-refractivity contribution in [2.45, 2.75) is 19.9 Å². The van der Waals surface area contributed by atoms with Crippen molar-refractivity contribution in [1.29, 1.82) is 0 Å². The predicted molar refractivity (Wildman–Crippen MR) is 68.5 cm³/mol. The standard InChI is InChI=1S/C13H15N3O2/c1-8-11(9(2)16-15-8)12(13(17)18)14-10-6-4-3-5-7-10/h3-7,12,14H,1-2H3,(H,15,16)(H,17,18). The molecular formula is C13H15N3O2. The highest BCUT2D eigenvalue weighted by atomic mass is 16.4. The molecule has 0 fully saturated rings. The van der Waals surface area contributed by atoms with E-state index < -0.39 is 12.0 Å². The highest BCUT2D eigenvalue weighted by molar-refractivity contribution is 5.80. The van der Waals surface area contributed by atoms with Crippen LogP contribution in [0.2, 0.25) is 0 Å². The fourth-order valence-electron chi connectivity index (χ4n) is 1.94. The number of anilines is 1. The second-order valence-corrected chi connectivity index (χ2v) is 4.13. The van der Waals surface area contributed by atoms with Crippen molar-refractivity contribution in [2.75, 3.05) is 5.32 Å². The molecule has 2 aromatic rings. The van der Waals surface area contributed by atoms with Crippen molar-refractivity contribution in [3.05, 3.63) is 47.3 Å². The maximum Gasteiger partial charge on any atom is 0.330 e. The van der Waals surface area contributed by atoms with Crippen LogP contribution in [0.1, 0.15) is 23.0 Å². The number of nitrogens with zero attached hydrogens (tertiary/aromatic N) is 1. The minimum Gasteiger partial charge on any atom is -0.479 e. The first-order chi connectivity index (χ1) is 8.59. The highest BCUT2D eigenvalue weighted by Gasteiger charge is 2.25. The number of rotatable bonds is 4. The number of nitrogens with one attached hydrogen (secondary N) is 2. The third-order valence-electron chi connectivity index (χ3n) is 2.81. The molecular weight excluding hydrogens is 230 g/mol. The molecule has 0 aliphatic rings. The van der Waals surface area contributed by atoms with Gasteiger partial charge < -0.3 is 10.4 Å². The number of H-pyrrole nitrogens is 1. The van der Waals surface area contributed by atoms with E-state index in [1.54, 1.807) is 6.92 Å². The number of benzene rings is 1. The molecule has 0 bridgehead atoms. The van der Waals surface area contributed by atoms with E-state index in [0.29, 0.717) is 11.3 Å². The molecule has 0 aliphatic carbocycles. The average molecular weight is 245 g/mol. The minimum absolute atomic E-state index is 0.686. The average Bonchev–Trinajstić information content (AvgIpc) is 2.67. The fourth-order valence-corrected chi connectivity index (χ4v) is 1.94. The molecule has 2 rings (SSSR count). The van der Waals surface area contributed by atoms with Gasteiger partial charge in [0.25, 0.3) is 0 Å². The zero-order valence-electron chi connectivity index (χ0n) is 10.3. The summed E-state index contributed by atoms with van der Waals surface area (Å²) in [5.41, 5.74) is 2.92. The van der Waals surface area contributed by atoms with Crippen LogP contribution in [0.4, 0.5) is 5.69 Å². The number of para-hydroxylation sites is 1. The first kappa shape index (κ1) is 12.2. The maximum atomic E-state index is 11.4. The quantitative estimate of drug-likeness (QED) is 0.772. The van der Waals surface area contributed by atoms with E-state index in [0.717, 1.165) is 11.4 Å². The number of aromatic amines is 1. The van der Waals surface area contributed by atoms with Gasteiger partial charge in [0, 0.05) is 16.9 Å². The van der Waals surface area contributed by atoms with Gasteiger partial charge in [0.05, 0.1) is 5.69 Å². The van der Waals surface area contributed by atoms with E-state index in [1.165, 1.54) is 0 Å². The van der Waals surface area contributed by atoms with Crippen LogP contribution in [-0.4, -0.2) is 21.3 Å². The summed E-state index contributed by atoms with van der Waals surface area (Å²) >= 11 is 0. The van der Waals surface area contributed by atoms with Crippen molar-refractivity contribution in [1.82, 2.24) is 10.2 Å². The summed E-state index contributed by atoms with van der Waals surface area (Å²) < 4.78 is 0. The summed E-state index contributed by atoms with van der Waals surface area (Å²) in [6.07, 6.45) is 0. The lowest BCUT2D eigenvalue weighted by Crippen LogP contribution is -2.21. The first-order valence-corrected chi connectivity index (χ1v) is 5.65. The molecule has 1 unspecified atom stereocenters. The van der Waals surface area contributed by atoms with E-state index in [1.807, 2.05) is 37.3 Å². The largest absolute Gasteiger partial charge is 0.479 e. The number of aryl methyl sites for hydroxylation is 2. The molecule has 0 saturated carbocycles. The van der Waals surface area contributed by atoms with E-state index in [2.05, 4.69) is 15.5 Å². The van der Waals surface area contributed by atoms with Crippen LogP contribution >= 0.6 is 0 Å². The molecule has 0 radical (unpaired) electrons. The van der Waals surface area contributed by atoms with Crippen LogP contribution in [0.15, 0.2) is 30.3 Å². The van der Waals surface area contributed by atoms with Crippen LogP contribution in [0, 0.1) is 13.8 Å². The molecule has 18 heavy (non-hydrogen) atoms. The molecule has 0 aliphatic heterocycles. The number of carboxylic acid groups (broad SMARTS) is 1. The number of carboxylic acids is 1. The topological polar surface area (TPSA) is 78.0 Å². The van der Waals surface area contributed by atoms with Crippen molar-refractivity contribution in [3.63, 3.8) is 0 Å². The molecule has 3 N–H and O–H groups in total. The van der Waals surface area contributed by atoms with Crippen LogP contribution in [0.3, 0.4) is 0 Å². The van der Waals surface area contributed by atoms with Crippen LogP contribution in [-0.2, 0) is 4.79 Å². The normalized spacial score (nSPS) is 12.1. The summed E-state index contributed by atoms with van der Waals surface area (Å²) in [5.74, 6) is -0.925. The summed E-state index contributed by atoms with van der Waals surface area (Å²) in [7, 11) is 0. The van der Waals surface area contributed by atoms with Crippen molar-refractivity contribution < 1.29 is 9.90 Å². The van der Waals surface area contributed by atoms with Gasteiger partial charge in [-0.05, 0) is 26.0 Å². The lowest BCUT2D eigenvalue weighted by molar-refractivity contribution is -0.138. The van der Waals surface area contributed by atoms with E-state index in [-0.39, 0.29) is 0 Å². The van der Waals surface area contributed by atoms with E-state index in [9.17, 15) is 9.90 Å². The smallest absolute Gasteiger partial charge is 0.330 e. The Morgan fingerprint density at radius 1 is 1.33 bits per heavy atom. The predicted octanol–water partition coefficient (Wildman–Crippen LogP) is 2.26. The van der Waals surface area contributed by atoms with Gasteiger partial charge in [0.1, 0.15) is 0 Å². The number of hydrogen-bond donors (Lipinski definition) is 3. The van der Waals surface area contributed by atoms with Gasteiger partial charge in [-0.1, -0.05) is 18.2 Å². The third kappa shape index (κ3) is 2.34. The SMILES string of the molecule is Cc1n[nH]c(C)c1C(Nc1ccccc1)C(=O)O. The Kier molecular flexibility index (Phi) is 3.32. The Morgan fingerprint density at radius 2 is 2.00 bits per heavy atom. The second kappa shape index (κ2) is 4.91. The molecule has 0 saturated heterocycles. The molecule has 0 amide bonds. The molecule has 1 aromatic carbocycles. The Morgan fingerprint density at radius 3 is 2.50 bits per heavy atom. The van der Waals surface area contributed by atoms with E-state index in [4.69, 9.17) is 0 Å². The Labute approximate surface area is 105 Å². The second-order valence-electron chi connectivity index (χ2n) is 4.13. The highest BCUT2D eigenvalue weighted by Crippen LogP contribution is 2.24. The van der Waals surface area contributed by atoms with Crippen LogP contribution < -0.4 is 5.32 Å². The van der Waals surface area contributed by atoms with Gasteiger partial charge in [0.2, 0.25) is 0 Å². The van der Waals surface area contributed by atoms with Gasteiger partial charge in [-0.3, -0.25) is 5.10 Å². The van der Waals surface area contributed by atoms with Gasteiger partial charge >= 0.3 is 5.97 Å². The van der Waals surface area contributed by atoms with Gasteiger partial charge in [-0.2, -0.15) is 5.10 Å². The number of aromatic nitrogens is 2. The molecule has 1 heterocycles. The van der Waals surface area contributed by atoms with Crippen molar-refractivity contribution in [2.24, 2.45) is 0 Å². The van der Waals surface area contributed by atoms with Gasteiger partial charge in [-0.15, -0.1) is 0 Å². The maximum absolute atomic E-state index is 11.4. The summed E-state index contributed by atoms with van der Waals surface area (Å²) in [4.78, 5) is 11.4. The third-order valence-corrected chi connectivity index (χ3v) is 2.81. The fraction of sp³-hybridized carbons (Fsp3) is 0.231. The first-order valence-electron chi connectivity index (χ1n) is 5.65. The Hall–Kier alpha value is -2.30. The molecule has 0 spiro atoms. The minimum atomic E-state index is -0.925. The lowest BCUT2D eigenvalue weighted by atomic mass is 10.0. The monoisotopic (exact) mass is 245 g/mol. The number of aliphatic carboxylic acids is 1. The zero-order valence-corrected chi connectivity index (χ0v) is 10.3. The number of carbonyl (C=O) groups is 1. The van der Waals surface area contributed by atoms with Gasteiger partial charge in [-0.25, -0.2) is 4.79 Å². The molecule has 1 atom stereocenters. The molecule has 5 heteroatoms. The molecule has 94 valence electrons. The van der Waals surface area contributed by atoms with Crippen LogP contribution in [0.25, 0.3) is 0 Å². The lowest BCUT2D eigenvalue weighted by Gasteiger charge is -2.16. The summed E-state index contributed by atoms with van der Waals surface area (Å²) in [5, 5.41) is 19.2. The van der Waals surface area contributed by atoms with Crippen molar-refractivity contribution >= 4 is 11.7 Å².